The van der Waals surface area contributed by atoms with Crippen molar-refractivity contribution in [3.8, 4) is 17.0 Å². The van der Waals surface area contributed by atoms with Gasteiger partial charge in [-0.25, -0.2) is 13.8 Å². The van der Waals surface area contributed by atoms with Gasteiger partial charge in [-0.05, 0) is 56.3 Å². The molecule has 2 fully saturated rings. The van der Waals surface area contributed by atoms with Crippen LogP contribution in [0.5, 0.6) is 5.75 Å². The number of ether oxygens (including phenoxy) is 1. The molecule has 0 aliphatic carbocycles. The Kier molecular flexibility index (Phi) is 9.03. The quantitative estimate of drug-likeness (QED) is 0.428. The zero-order chi connectivity index (χ0) is 29.8. The zero-order valence-corrected chi connectivity index (χ0v) is 23.8. The summed E-state index contributed by atoms with van der Waals surface area (Å²) in [6.45, 7) is 2.40. The number of benzene rings is 2. The lowest BCUT2D eigenvalue weighted by Crippen LogP contribution is -2.52. The van der Waals surface area contributed by atoms with E-state index < -0.39 is 18.6 Å². The van der Waals surface area contributed by atoms with Gasteiger partial charge in [0.1, 0.15) is 11.6 Å². The van der Waals surface area contributed by atoms with Gasteiger partial charge in [0.05, 0.1) is 22.5 Å². The van der Waals surface area contributed by atoms with Crippen molar-refractivity contribution < 1.29 is 27.9 Å². The highest BCUT2D eigenvalue weighted by Crippen LogP contribution is 2.28. The number of alkyl halides is 1. The van der Waals surface area contributed by atoms with Gasteiger partial charge in [-0.3, -0.25) is 14.4 Å². The van der Waals surface area contributed by atoms with Gasteiger partial charge in [-0.2, -0.15) is 0 Å². The molecule has 2 saturated heterocycles. The van der Waals surface area contributed by atoms with Crippen LogP contribution in [-0.2, 0) is 11.8 Å². The number of amides is 3. The second-order valence-corrected chi connectivity index (χ2v) is 10.6. The van der Waals surface area contributed by atoms with Crippen molar-refractivity contribution in [1.29, 1.82) is 0 Å². The molecule has 3 heterocycles. The SMILES string of the molecule is Cn1c(-c2ccc(OCF)cc2F)cnc1C(=O)Nc1ccc(C(=O)N2CCN(C(=O)C3CCNCC3)CC2)c(Cl)c1. The van der Waals surface area contributed by atoms with E-state index in [9.17, 15) is 23.2 Å². The van der Waals surface area contributed by atoms with Gasteiger partial charge >= 0.3 is 0 Å². The molecule has 13 heteroatoms. The van der Waals surface area contributed by atoms with E-state index in [2.05, 4.69) is 20.4 Å². The summed E-state index contributed by atoms with van der Waals surface area (Å²) in [6.07, 6.45) is 3.03. The number of carbonyl (C=O) groups excluding carboxylic acids is 3. The minimum Gasteiger partial charge on any atom is -0.463 e. The number of nitrogens with one attached hydrogen (secondary N) is 2. The summed E-state index contributed by atoms with van der Waals surface area (Å²) < 4.78 is 33.1. The molecule has 0 bridgehead atoms. The van der Waals surface area contributed by atoms with Gasteiger partial charge in [0.2, 0.25) is 12.8 Å². The maximum atomic E-state index is 14.6. The smallest absolute Gasteiger partial charge is 0.291 e. The van der Waals surface area contributed by atoms with E-state index in [1.165, 1.54) is 29.0 Å². The van der Waals surface area contributed by atoms with Crippen molar-refractivity contribution in [3.05, 3.63) is 64.8 Å². The molecule has 1 aromatic heterocycles. The van der Waals surface area contributed by atoms with Crippen LogP contribution >= 0.6 is 11.6 Å². The highest BCUT2D eigenvalue weighted by Gasteiger charge is 2.30. The molecule has 2 aliphatic heterocycles. The number of piperazine rings is 1. The summed E-state index contributed by atoms with van der Waals surface area (Å²) in [5, 5.41) is 6.14. The van der Waals surface area contributed by atoms with Crippen LogP contribution in [0.25, 0.3) is 11.3 Å². The lowest BCUT2D eigenvalue weighted by atomic mass is 9.96. The van der Waals surface area contributed by atoms with Crippen molar-refractivity contribution >= 4 is 35.0 Å². The van der Waals surface area contributed by atoms with Gasteiger partial charge in [0.25, 0.3) is 11.8 Å². The fourth-order valence-corrected chi connectivity index (χ4v) is 5.57. The first-order valence-electron chi connectivity index (χ1n) is 13.7. The van der Waals surface area contributed by atoms with Crippen molar-refractivity contribution in [2.75, 3.05) is 51.4 Å². The molecular weight excluding hydrogens is 570 g/mol. The molecule has 0 spiro atoms. The molecule has 2 aromatic carbocycles. The summed E-state index contributed by atoms with van der Waals surface area (Å²) in [4.78, 5) is 46.6. The number of rotatable bonds is 7. The largest absolute Gasteiger partial charge is 0.463 e. The monoisotopic (exact) mass is 600 g/mol. The van der Waals surface area contributed by atoms with Crippen molar-refractivity contribution in [2.24, 2.45) is 13.0 Å². The van der Waals surface area contributed by atoms with Gasteiger partial charge in [-0.1, -0.05) is 11.6 Å². The third-order valence-corrected chi connectivity index (χ3v) is 7.97. The highest BCUT2D eigenvalue weighted by atomic mass is 35.5. The number of carbonyl (C=O) groups is 3. The molecule has 42 heavy (non-hydrogen) atoms. The number of aromatic nitrogens is 2. The van der Waals surface area contributed by atoms with Crippen LogP contribution in [0.2, 0.25) is 5.02 Å². The molecule has 10 nitrogen and oxygen atoms in total. The van der Waals surface area contributed by atoms with E-state index in [1.54, 1.807) is 24.1 Å². The Morgan fingerprint density at radius 3 is 2.45 bits per heavy atom. The molecule has 0 unspecified atom stereocenters. The van der Waals surface area contributed by atoms with E-state index in [1.807, 2.05) is 4.90 Å². The summed E-state index contributed by atoms with van der Waals surface area (Å²) in [7, 11) is 1.57. The van der Waals surface area contributed by atoms with Crippen LogP contribution in [0.4, 0.5) is 14.5 Å². The second kappa shape index (κ2) is 12.9. The molecule has 2 N–H and O–H groups in total. The molecule has 0 saturated carbocycles. The Labute approximate surface area is 246 Å². The van der Waals surface area contributed by atoms with Gasteiger partial charge < -0.3 is 29.7 Å². The van der Waals surface area contributed by atoms with Crippen molar-refractivity contribution in [3.63, 3.8) is 0 Å². The Morgan fingerprint density at radius 2 is 1.79 bits per heavy atom. The Balaban J connectivity index is 1.21. The van der Waals surface area contributed by atoms with Crippen LogP contribution in [-0.4, -0.2) is 83.2 Å². The van der Waals surface area contributed by atoms with E-state index >= 15 is 0 Å². The normalized spacial score (nSPS) is 15.9. The van der Waals surface area contributed by atoms with Crippen LogP contribution in [0, 0.1) is 11.7 Å². The minimum absolute atomic E-state index is 0.0154. The van der Waals surface area contributed by atoms with Crippen LogP contribution in [0.3, 0.4) is 0 Å². The summed E-state index contributed by atoms with van der Waals surface area (Å²) >= 11 is 6.46. The number of halogens is 3. The average molecular weight is 601 g/mol. The van der Waals surface area contributed by atoms with E-state index in [-0.39, 0.29) is 39.9 Å². The standard InChI is InChI=1S/C29H31ClF2N6O4/c1-36-25(22-5-3-20(42-17-31)15-24(22)32)16-34-26(36)27(39)35-19-2-4-21(23(30)14-19)29(41)38-12-10-37(11-13-38)28(40)18-6-8-33-9-7-18/h2-5,14-16,18,33H,6-13,17H2,1H3,(H,35,39). The summed E-state index contributed by atoms with van der Waals surface area (Å²) in [6, 6.07) is 8.50. The Hall–Kier alpha value is -4.03. The molecule has 5 rings (SSSR count). The first kappa shape index (κ1) is 29.5. The fraction of sp³-hybridized carbons (Fsp3) is 0.379. The topological polar surface area (TPSA) is 109 Å². The number of hydrogen-bond donors (Lipinski definition) is 2. The predicted octanol–water partition coefficient (Wildman–Crippen LogP) is 3.72. The zero-order valence-electron chi connectivity index (χ0n) is 23.0. The molecule has 2 aliphatic rings. The lowest BCUT2D eigenvalue weighted by Gasteiger charge is -2.37. The van der Waals surface area contributed by atoms with Crippen LogP contribution in [0.1, 0.15) is 33.8 Å². The number of imidazole rings is 1. The van der Waals surface area contributed by atoms with E-state index in [0.717, 1.165) is 32.0 Å². The number of hydrogen-bond acceptors (Lipinski definition) is 6. The van der Waals surface area contributed by atoms with Gasteiger partial charge in [0.15, 0.2) is 5.82 Å². The molecule has 0 radical (unpaired) electrons. The Morgan fingerprint density at radius 1 is 1.07 bits per heavy atom. The molecular formula is C29H31ClF2N6O4. The summed E-state index contributed by atoms with van der Waals surface area (Å²) in [5.74, 6) is -1.20. The Bertz CT molecular complexity index is 1480. The summed E-state index contributed by atoms with van der Waals surface area (Å²) in [5.41, 5.74) is 1.14. The lowest BCUT2D eigenvalue weighted by molar-refractivity contribution is -0.137. The maximum Gasteiger partial charge on any atom is 0.291 e. The average Bonchev–Trinajstić information content (AvgIpc) is 3.38. The van der Waals surface area contributed by atoms with Gasteiger partial charge in [-0.15, -0.1) is 0 Å². The van der Waals surface area contributed by atoms with Crippen LogP contribution in [0.15, 0.2) is 42.6 Å². The third-order valence-electron chi connectivity index (χ3n) is 7.65. The fourth-order valence-electron chi connectivity index (χ4n) is 5.31. The maximum absolute atomic E-state index is 14.6. The third kappa shape index (κ3) is 6.24. The minimum atomic E-state index is -1.08. The number of anilines is 1. The van der Waals surface area contributed by atoms with Crippen LogP contribution < -0.4 is 15.4 Å². The van der Waals surface area contributed by atoms with E-state index in [0.29, 0.717) is 43.1 Å². The highest BCUT2D eigenvalue weighted by molar-refractivity contribution is 6.34. The molecule has 3 amide bonds. The number of nitrogens with zero attached hydrogens (tertiary/aromatic N) is 4. The number of piperidine rings is 1. The van der Waals surface area contributed by atoms with Gasteiger partial charge in [0, 0.05) is 56.5 Å². The molecule has 0 atom stereocenters. The van der Waals surface area contributed by atoms with E-state index in [4.69, 9.17) is 11.6 Å². The van der Waals surface area contributed by atoms with Crippen molar-refractivity contribution in [1.82, 2.24) is 24.7 Å². The predicted molar refractivity (Wildman–Crippen MR) is 153 cm³/mol. The molecule has 3 aromatic rings. The van der Waals surface area contributed by atoms with Crippen molar-refractivity contribution in [2.45, 2.75) is 12.8 Å². The first-order valence-corrected chi connectivity index (χ1v) is 14.0. The second-order valence-electron chi connectivity index (χ2n) is 10.2. The first-order chi connectivity index (χ1) is 20.3. The molecule has 222 valence electrons.